The fraction of sp³-hybridized carbons (Fsp3) is 0.800. The molecule has 50 valence electrons. The van der Waals surface area contributed by atoms with E-state index >= 15 is 0 Å². The van der Waals surface area contributed by atoms with Gasteiger partial charge < -0.3 is 0 Å². The Bertz CT molecular complexity index is 84.9. The van der Waals surface area contributed by atoms with Gasteiger partial charge in [0, 0.05) is 6.92 Å². The first-order valence-corrected chi connectivity index (χ1v) is 5.00. The fourth-order valence-corrected chi connectivity index (χ4v) is 0.909. The smallest absolute Gasteiger partial charge is 0.206 e. The van der Waals surface area contributed by atoms with Crippen LogP contribution in [0.1, 0.15) is 13.8 Å². The molecule has 0 radical (unpaired) electrons. The highest BCUT2D eigenvalue weighted by atomic mass is 127. The monoisotopic (exact) mass is 234 g/mol. The summed E-state index contributed by atoms with van der Waals surface area (Å²) in [5, 5.41) is 0. The summed E-state index contributed by atoms with van der Waals surface area (Å²) < 4.78 is 27.2. The lowest BCUT2D eigenvalue weighted by atomic mass is 10.3. The van der Waals surface area contributed by atoms with E-state index < -0.39 is 30.6 Å². The van der Waals surface area contributed by atoms with Crippen molar-refractivity contribution in [1.82, 2.24) is 0 Å². The van der Waals surface area contributed by atoms with Crippen LogP contribution in [0.15, 0.2) is 0 Å². The van der Waals surface area contributed by atoms with Crippen LogP contribution in [0.5, 0.6) is 0 Å². The Kier molecular flexibility index (Phi) is 3.01. The van der Waals surface area contributed by atoms with Crippen molar-refractivity contribution in [2.45, 2.75) is 23.7 Å². The van der Waals surface area contributed by atoms with E-state index in [0.717, 1.165) is 6.92 Å². The fourth-order valence-electron chi connectivity index (χ4n) is 0.135. The Morgan fingerprint density at radius 3 is 2.00 bits per heavy atom. The van der Waals surface area contributed by atoms with Gasteiger partial charge in [0.15, 0.2) is 0 Å². The zero-order valence-electron chi connectivity index (χ0n) is 4.92. The first kappa shape index (κ1) is 8.46. The quantitative estimate of drug-likeness (QED) is 0.508. The van der Waals surface area contributed by atoms with E-state index in [1.807, 2.05) is 0 Å². The summed E-state index contributed by atoms with van der Waals surface area (Å²) in [5.74, 6) is -2.50. The summed E-state index contributed by atoms with van der Waals surface area (Å²) >= 11 is -0.545. The molecule has 0 heterocycles. The average molecular weight is 234 g/mol. The van der Waals surface area contributed by atoms with Gasteiger partial charge in [-0.15, -0.1) is 20.7 Å². The summed E-state index contributed by atoms with van der Waals surface area (Å²) in [7, 11) is 0. The molecule has 0 saturated carbocycles. The number of rotatable bonds is 2. The second-order valence-corrected chi connectivity index (χ2v) is 4.48. The molecule has 0 N–H and O–H groups in total. The molecule has 0 aliphatic heterocycles. The third-order valence-corrected chi connectivity index (χ3v) is 3.34. The van der Waals surface area contributed by atoms with Crippen molar-refractivity contribution in [3.63, 3.8) is 0 Å². The van der Waals surface area contributed by atoms with Crippen LogP contribution in [0.2, 0.25) is 0 Å². The summed E-state index contributed by atoms with van der Waals surface area (Å²) in [6.45, 7) is 2.49. The minimum Gasteiger partial charge on any atom is -0.206 e. The maximum absolute atomic E-state index is 12.1. The molecule has 1 unspecified atom stereocenters. The lowest BCUT2D eigenvalue weighted by Gasteiger charge is -2.13. The van der Waals surface area contributed by atoms with Gasteiger partial charge in [0.1, 0.15) is 0 Å². The first-order chi connectivity index (χ1) is 3.48. The van der Waals surface area contributed by atoms with Crippen molar-refractivity contribution < 1.29 is 8.78 Å². The Labute approximate surface area is 58.0 Å². The van der Waals surface area contributed by atoms with Crippen LogP contribution < -0.4 is 0 Å². The van der Waals surface area contributed by atoms with Crippen LogP contribution in [0.4, 0.5) is 8.78 Å². The second kappa shape index (κ2) is 2.85. The van der Waals surface area contributed by atoms with Crippen LogP contribution in [-0.4, -0.2) is 14.4 Å². The topological polar surface area (TPSA) is 0 Å². The Hall–Kier alpha value is 0.460. The summed E-state index contributed by atoms with van der Waals surface area (Å²) in [6.07, 6.45) is 0. The van der Waals surface area contributed by atoms with E-state index in [4.69, 9.17) is 0 Å². The van der Waals surface area contributed by atoms with Crippen LogP contribution in [0.25, 0.3) is 0 Å². The van der Waals surface area contributed by atoms with E-state index in [-0.39, 0.29) is 0 Å². The maximum Gasteiger partial charge on any atom is 0.256 e. The van der Waals surface area contributed by atoms with Gasteiger partial charge in [-0.1, -0.05) is 4.51 Å². The zero-order chi connectivity index (χ0) is 6.78. The Morgan fingerprint density at radius 1 is 1.62 bits per heavy atom. The van der Waals surface area contributed by atoms with E-state index in [9.17, 15) is 8.78 Å². The van der Waals surface area contributed by atoms with E-state index in [1.54, 1.807) is 6.92 Å². The molecular formula is C5H9F2I. The third kappa shape index (κ3) is 2.69. The molecule has 0 bridgehead atoms. The van der Waals surface area contributed by atoms with Crippen LogP contribution >= 0.6 is 20.7 Å². The maximum atomic E-state index is 12.1. The van der Waals surface area contributed by atoms with Crippen LogP contribution in [0.3, 0.4) is 0 Å². The summed E-state index contributed by atoms with van der Waals surface area (Å²) in [5.41, 5.74) is 0. The second-order valence-electron chi connectivity index (χ2n) is 1.73. The van der Waals surface area contributed by atoms with Crippen molar-refractivity contribution in [2.75, 3.05) is 0 Å². The molecule has 0 nitrogen and oxygen atoms in total. The van der Waals surface area contributed by atoms with Gasteiger partial charge >= 0.3 is 0 Å². The van der Waals surface area contributed by atoms with Gasteiger partial charge in [-0.2, -0.15) is 0 Å². The first-order valence-electron chi connectivity index (χ1n) is 2.23. The molecule has 8 heavy (non-hydrogen) atoms. The molecule has 0 rings (SSSR count). The SMILES string of the molecule is C=IC(C)C(C)(F)F. The largest absolute Gasteiger partial charge is 0.256 e. The highest BCUT2D eigenvalue weighted by molar-refractivity contribution is 14.2. The summed E-state index contributed by atoms with van der Waals surface area (Å²) in [6, 6.07) is 0. The lowest BCUT2D eigenvalue weighted by Crippen LogP contribution is -2.21. The average Bonchev–Trinajstić information content (AvgIpc) is 1.62. The standard InChI is InChI=1S/C5H9F2I/c1-4(8-3)5(2,6)7/h4H,3H2,1-2H3. The minimum absolute atomic E-state index is 0.485. The highest BCUT2D eigenvalue weighted by Crippen LogP contribution is 2.25. The molecule has 0 aliphatic rings. The van der Waals surface area contributed by atoms with Crippen molar-refractivity contribution in [1.29, 1.82) is 0 Å². The third-order valence-electron chi connectivity index (χ3n) is 0.930. The van der Waals surface area contributed by atoms with Crippen LogP contribution in [0, 0.1) is 0 Å². The molecule has 0 spiro atoms. The van der Waals surface area contributed by atoms with Crippen molar-refractivity contribution in [2.24, 2.45) is 0 Å². The Balaban J connectivity index is 3.80. The molecular weight excluding hydrogens is 225 g/mol. The summed E-state index contributed by atoms with van der Waals surface area (Å²) in [4.78, 5) is 0. The van der Waals surface area contributed by atoms with Gasteiger partial charge in [0.05, 0.1) is 3.92 Å². The number of hydrogen-bond donors (Lipinski definition) is 0. The molecule has 0 fully saturated rings. The molecule has 0 aromatic heterocycles. The predicted molar refractivity (Wildman–Crippen MR) is 41.2 cm³/mol. The van der Waals surface area contributed by atoms with Gasteiger partial charge in [-0.3, -0.25) is 0 Å². The van der Waals surface area contributed by atoms with Gasteiger partial charge in [0.2, 0.25) is 0 Å². The van der Waals surface area contributed by atoms with Crippen LogP contribution in [-0.2, 0) is 0 Å². The predicted octanol–water partition coefficient (Wildman–Crippen LogP) is 2.43. The van der Waals surface area contributed by atoms with Crippen molar-refractivity contribution >= 4 is 25.2 Å². The van der Waals surface area contributed by atoms with Crippen molar-refractivity contribution in [3.8, 4) is 0 Å². The molecule has 3 heteroatoms. The molecule has 1 atom stereocenters. The zero-order valence-corrected chi connectivity index (χ0v) is 7.08. The molecule has 0 aliphatic carbocycles. The van der Waals surface area contributed by atoms with E-state index in [1.165, 1.54) is 0 Å². The van der Waals surface area contributed by atoms with E-state index in [2.05, 4.69) is 4.51 Å². The molecule has 0 aromatic carbocycles. The minimum atomic E-state index is -2.50. The molecule has 0 aromatic rings. The van der Waals surface area contributed by atoms with Gasteiger partial charge in [-0.05, 0) is 6.92 Å². The lowest BCUT2D eigenvalue weighted by molar-refractivity contribution is 0.0289. The van der Waals surface area contributed by atoms with Gasteiger partial charge in [0.25, 0.3) is 5.92 Å². The van der Waals surface area contributed by atoms with E-state index in [0.29, 0.717) is 0 Å². The normalized spacial score (nSPS) is 16.0. The number of halogens is 3. The molecule has 0 amide bonds. The number of hydrogen-bond acceptors (Lipinski definition) is 0. The Morgan fingerprint density at radius 2 is 2.00 bits per heavy atom. The van der Waals surface area contributed by atoms with Crippen molar-refractivity contribution in [3.05, 3.63) is 0 Å². The number of alkyl halides is 3. The molecule has 0 saturated heterocycles. The highest BCUT2D eigenvalue weighted by Gasteiger charge is 2.27. The van der Waals surface area contributed by atoms with Gasteiger partial charge in [-0.25, -0.2) is 8.78 Å².